The minimum absolute atomic E-state index is 0. The van der Waals surface area contributed by atoms with Crippen LogP contribution in [0.15, 0.2) is 47.7 Å². The summed E-state index contributed by atoms with van der Waals surface area (Å²) in [4.78, 5) is 9.00. The largest absolute Gasteiger partial charge is 0.357 e. The van der Waals surface area contributed by atoms with E-state index in [9.17, 15) is 0 Å². The highest BCUT2D eigenvalue weighted by Crippen LogP contribution is 2.18. The highest BCUT2D eigenvalue weighted by atomic mass is 127. The lowest BCUT2D eigenvalue weighted by molar-refractivity contribution is 0.548. The van der Waals surface area contributed by atoms with Gasteiger partial charge in [-0.2, -0.15) is 0 Å². The van der Waals surface area contributed by atoms with Gasteiger partial charge >= 0.3 is 0 Å². The molecule has 0 radical (unpaired) electrons. The monoisotopic (exact) mass is 483 g/mol. The predicted molar refractivity (Wildman–Crippen MR) is 125 cm³/mol. The molecule has 2 atom stereocenters. The average molecular weight is 483 g/mol. The van der Waals surface area contributed by atoms with Gasteiger partial charge in [-0.25, -0.2) is 4.98 Å². The van der Waals surface area contributed by atoms with Gasteiger partial charge in [-0.1, -0.05) is 37.3 Å². The third kappa shape index (κ3) is 7.91. The van der Waals surface area contributed by atoms with E-state index in [-0.39, 0.29) is 24.0 Å². The maximum absolute atomic E-state index is 4.74. The van der Waals surface area contributed by atoms with E-state index < -0.39 is 0 Å². The predicted octanol–water partition coefficient (Wildman–Crippen LogP) is 4.34. The molecule has 150 valence electrons. The number of benzene rings is 1. The lowest BCUT2D eigenvalue weighted by atomic mass is 9.94. The minimum Gasteiger partial charge on any atom is -0.357 e. The third-order valence-corrected chi connectivity index (χ3v) is 4.78. The van der Waals surface area contributed by atoms with Gasteiger partial charge in [0.15, 0.2) is 5.96 Å². The number of aliphatic imine (C=N–C) groups is 1. The fourth-order valence-electron chi connectivity index (χ4n) is 2.93. The zero-order chi connectivity index (χ0) is 18.8. The Hall–Kier alpha value is -1.57. The summed E-state index contributed by atoms with van der Waals surface area (Å²) in [5.41, 5.74) is 1.35. The fourth-order valence-corrected chi connectivity index (χ4v) is 2.93. The molecular formula is C21H34IN5. The fraction of sp³-hybridized carbons (Fsp3) is 0.524. The van der Waals surface area contributed by atoms with Gasteiger partial charge in [-0.15, -0.1) is 24.0 Å². The first kappa shape index (κ1) is 23.5. The summed E-state index contributed by atoms with van der Waals surface area (Å²) in [5, 5.41) is 6.91. The van der Waals surface area contributed by atoms with E-state index in [0.29, 0.717) is 12.0 Å². The van der Waals surface area contributed by atoms with Gasteiger partial charge in [0.05, 0.1) is 0 Å². The summed E-state index contributed by atoms with van der Waals surface area (Å²) < 4.78 is 2.19. The van der Waals surface area contributed by atoms with Crippen LogP contribution in [0.25, 0.3) is 0 Å². The summed E-state index contributed by atoms with van der Waals surface area (Å²) in [6, 6.07) is 10.9. The van der Waals surface area contributed by atoms with E-state index in [1.165, 1.54) is 5.56 Å². The van der Waals surface area contributed by atoms with Crippen LogP contribution in [0.5, 0.6) is 0 Å². The first-order chi connectivity index (χ1) is 12.6. The van der Waals surface area contributed by atoms with Crippen LogP contribution in [-0.4, -0.2) is 34.6 Å². The third-order valence-electron chi connectivity index (χ3n) is 4.78. The Balaban J connectivity index is 0.00000364. The van der Waals surface area contributed by atoms with Crippen LogP contribution < -0.4 is 10.6 Å². The van der Waals surface area contributed by atoms with E-state index in [1.807, 2.05) is 19.3 Å². The van der Waals surface area contributed by atoms with Crippen molar-refractivity contribution in [1.29, 1.82) is 0 Å². The van der Waals surface area contributed by atoms with E-state index in [1.54, 1.807) is 0 Å². The van der Waals surface area contributed by atoms with Crippen molar-refractivity contribution in [2.75, 3.05) is 13.1 Å². The van der Waals surface area contributed by atoms with Crippen molar-refractivity contribution in [3.8, 4) is 0 Å². The van der Waals surface area contributed by atoms with Crippen LogP contribution in [-0.2, 0) is 6.54 Å². The molecule has 0 aliphatic carbocycles. The Bertz CT molecular complexity index is 668. The molecule has 0 aliphatic heterocycles. The van der Waals surface area contributed by atoms with E-state index >= 15 is 0 Å². The molecule has 0 fully saturated rings. The Morgan fingerprint density at radius 3 is 2.56 bits per heavy atom. The molecule has 0 saturated carbocycles. The standard InChI is InChI=1S/C21H33N5.HI/c1-5-22-21(24-13-9-10-15-26-16-14-23-19(26)4)25-18(3)17(2)20-11-7-6-8-12-20;/h6-8,11-12,14,16-18H,5,9-10,13,15H2,1-4H3,(H2,22,24,25);1H. The normalized spacial score (nSPS) is 13.6. The van der Waals surface area contributed by atoms with Gasteiger partial charge in [-0.05, 0) is 39.2 Å². The van der Waals surface area contributed by atoms with Gasteiger partial charge in [0.2, 0.25) is 0 Å². The molecule has 0 saturated heterocycles. The number of rotatable bonds is 9. The number of aromatic nitrogens is 2. The molecule has 27 heavy (non-hydrogen) atoms. The number of unbranched alkanes of at least 4 members (excludes halogenated alkanes) is 1. The van der Waals surface area contributed by atoms with Crippen molar-refractivity contribution in [3.05, 3.63) is 54.1 Å². The molecule has 5 nitrogen and oxygen atoms in total. The lowest BCUT2D eigenvalue weighted by Gasteiger charge is -2.24. The van der Waals surface area contributed by atoms with Crippen LogP contribution >= 0.6 is 24.0 Å². The Labute approximate surface area is 181 Å². The van der Waals surface area contributed by atoms with Crippen molar-refractivity contribution in [2.24, 2.45) is 4.99 Å². The van der Waals surface area contributed by atoms with Crippen LogP contribution in [0.2, 0.25) is 0 Å². The second kappa shape index (κ2) is 12.8. The Kier molecular flexibility index (Phi) is 11.1. The number of imidazole rings is 1. The van der Waals surface area contributed by atoms with Crippen molar-refractivity contribution in [2.45, 2.75) is 59.0 Å². The molecule has 0 aliphatic rings. The smallest absolute Gasteiger partial charge is 0.191 e. The number of halogens is 1. The quantitative estimate of drug-likeness (QED) is 0.242. The second-order valence-corrected chi connectivity index (χ2v) is 6.77. The molecule has 1 aromatic carbocycles. The average Bonchev–Trinajstić information content (AvgIpc) is 3.06. The molecule has 1 aromatic heterocycles. The zero-order valence-corrected chi connectivity index (χ0v) is 19.3. The molecule has 1 heterocycles. The molecule has 2 aromatic rings. The second-order valence-electron chi connectivity index (χ2n) is 6.77. The van der Waals surface area contributed by atoms with Crippen molar-refractivity contribution >= 4 is 29.9 Å². The maximum atomic E-state index is 4.74. The van der Waals surface area contributed by atoms with Crippen molar-refractivity contribution in [1.82, 2.24) is 20.2 Å². The summed E-state index contributed by atoms with van der Waals surface area (Å²) in [7, 11) is 0. The lowest BCUT2D eigenvalue weighted by Crippen LogP contribution is -2.44. The molecule has 0 amide bonds. The Morgan fingerprint density at radius 1 is 1.19 bits per heavy atom. The van der Waals surface area contributed by atoms with E-state index in [0.717, 1.165) is 44.3 Å². The molecular weight excluding hydrogens is 449 g/mol. The van der Waals surface area contributed by atoms with Crippen molar-refractivity contribution < 1.29 is 0 Å². The van der Waals surface area contributed by atoms with Gasteiger partial charge in [0.1, 0.15) is 5.82 Å². The SMILES string of the molecule is CCNC(=NCCCCn1ccnc1C)NC(C)C(C)c1ccccc1.I. The Morgan fingerprint density at radius 2 is 1.93 bits per heavy atom. The maximum Gasteiger partial charge on any atom is 0.191 e. The first-order valence-corrected chi connectivity index (χ1v) is 9.69. The van der Waals surface area contributed by atoms with Crippen molar-refractivity contribution in [3.63, 3.8) is 0 Å². The van der Waals surface area contributed by atoms with Crippen LogP contribution in [0.4, 0.5) is 0 Å². The highest BCUT2D eigenvalue weighted by Gasteiger charge is 2.15. The van der Waals surface area contributed by atoms with Gasteiger partial charge in [-0.3, -0.25) is 4.99 Å². The van der Waals surface area contributed by atoms with Gasteiger partial charge in [0, 0.05) is 44.0 Å². The molecule has 0 bridgehead atoms. The molecule has 0 spiro atoms. The molecule has 2 unspecified atom stereocenters. The summed E-state index contributed by atoms with van der Waals surface area (Å²) >= 11 is 0. The first-order valence-electron chi connectivity index (χ1n) is 9.69. The van der Waals surface area contributed by atoms with E-state index in [4.69, 9.17) is 4.99 Å². The zero-order valence-electron chi connectivity index (χ0n) is 17.0. The number of hydrogen-bond acceptors (Lipinski definition) is 2. The number of nitrogens with one attached hydrogen (secondary N) is 2. The van der Waals surface area contributed by atoms with Gasteiger partial charge in [0.25, 0.3) is 0 Å². The van der Waals surface area contributed by atoms with Gasteiger partial charge < -0.3 is 15.2 Å². The molecule has 2 rings (SSSR count). The summed E-state index contributed by atoms with van der Waals surface area (Å²) in [6.45, 7) is 11.3. The minimum atomic E-state index is 0. The summed E-state index contributed by atoms with van der Waals surface area (Å²) in [5.74, 6) is 2.40. The molecule has 6 heteroatoms. The van der Waals surface area contributed by atoms with Crippen LogP contribution in [0.3, 0.4) is 0 Å². The summed E-state index contributed by atoms with van der Waals surface area (Å²) in [6.07, 6.45) is 6.07. The van der Waals surface area contributed by atoms with Crippen LogP contribution in [0, 0.1) is 6.92 Å². The number of aryl methyl sites for hydroxylation is 2. The van der Waals surface area contributed by atoms with E-state index in [2.05, 4.69) is 71.3 Å². The highest BCUT2D eigenvalue weighted by molar-refractivity contribution is 14.0. The van der Waals surface area contributed by atoms with Crippen LogP contribution in [0.1, 0.15) is 50.9 Å². The number of guanidine groups is 1. The topological polar surface area (TPSA) is 54.2 Å². The number of nitrogens with zero attached hydrogens (tertiary/aromatic N) is 3. The number of hydrogen-bond donors (Lipinski definition) is 2. The molecule has 2 N–H and O–H groups in total.